The van der Waals surface area contributed by atoms with Crippen molar-refractivity contribution in [2.75, 3.05) is 19.8 Å². The Morgan fingerprint density at radius 2 is 2.15 bits per heavy atom. The molecule has 1 aliphatic rings. The molecule has 0 aliphatic carbocycles. The van der Waals surface area contributed by atoms with Crippen LogP contribution in [0, 0.1) is 0 Å². The molecule has 5 heteroatoms. The maximum absolute atomic E-state index is 5.62. The van der Waals surface area contributed by atoms with Gasteiger partial charge in [-0.15, -0.1) is 0 Å². The third-order valence-electron chi connectivity index (χ3n) is 3.33. The van der Waals surface area contributed by atoms with E-state index < -0.39 is 0 Å². The summed E-state index contributed by atoms with van der Waals surface area (Å²) in [6.45, 7) is 2.14. The number of aryl methyl sites for hydroxylation is 1. The average Bonchev–Trinajstić information content (AvgIpc) is 3.15. The molecule has 1 fully saturated rings. The average molecular weight is 274 g/mol. The molecule has 1 unspecified atom stereocenters. The zero-order valence-electron chi connectivity index (χ0n) is 11.3. The molecule has 0 saturated carbocycles. The number of nitrogens with zero attached hydrogens (tertiary/aromatic N) is 2. The van der Waals surface area contributed by atoms with Crippen LogP contribution in [-0.4, -0.2) is 30.0 Å². The highest BCUT2D eigenvalue weighted by molar-refractivity contribution is 5.20. The second-order valence-electron chi connectivity index (χ2n) is 4.87. The first-order valence-corrected chi connectivity index (χ1v) is 7.00. The van der Waals surface area contributed by atoms with Gasteiger partial charge in [0.1, 0.15) is 5.75 Å². The van der Waals surface area contributed by atoms with E-state index in [0.717, 1.165) is 37.4 Å². The van der Waals surface area contributed by atoms with Gasteiger partial charge in [-0.3, -0.25) is 0 Å². The van der Waals surface area contributed by atoms with Crippen molar-refractivity contribution in [3.63, 3.8) is 0 Å². The van der Waals surface area contributed by atoms with Crippen LogP contribution in [0.3, 0.4) is 0 Å². The second kappa shape index (κ2) is 6.52. The van der Waals surface area contributed by atoms with Gasteiger partial charge in [0.25, 0.3) is 0 Å². The molecule has 20 heavy (non-hydrogen) atoms. The Morgan fingerprint density at radius 3 is 2.95 bits per heavy atom. The third-order valence-corrected chi connectivity index (χ3v) is 3.33. The first kappa shape index (κ1) is 13.1. The van der Waals surface area contributed by atoms with E-state index in [0.29, 0.717) is 25.0 Å². The van der Waals surface area contributed by atoms with Crippen LogP contribution in [0.15, 0.2) is 34.9 Å². The first-order chi connectivity index (χ1) is 9.92. The second-order valence-corrected chi connectivity index (χ2v) is 4.87. The molecule has 3 rings (SSSR count). The van der Waals surface area contributed by atoms with E-state index in [2.05, 4.69) is 10.1 Å². The Morgan fingerprint density at radius 1 is 1.25 bits per heavy atom. The molecule has 0 amide bonds. The van der Waals surface area contributed by atoms with Crippen molar-refractivity contribution < 1.29 is 14.0 Å². The molecule has 1 aromatic carbocycles. The monoisotopic (exact) mass is 274 g/mol. The van der Waals surface area contributed by atoms with Gasteiger partial charge in [-0.25, -0.2) is 0 Å². The minimum absolute atomic E-state index is 0.299. The molecule has 1 atom stereocenters. The van der Waals surface area contributed by atoms with E-state index >= 15 is 0 Å². The molecule has 0 spiro atoms. The molecule has 1 saturated heterocycles. The lowest BCUT2D eigenvalue weighted by atomic mass is 10.1. The molecule has 0 radical (unpaired) electrons. The lowest BCUT2D eigenvalue weighted by Crippen LogP contribution is -2.01. The van der Waals surface area contributed by atoms with Crippen LogP contribution in [-0.2, 0) is 11.2 Å². The Labute approximate surface area is 117 Å². The Hall–Kier alpha value is -1.88. The van der Waals surface area contributed by atoms with Gasteiger partial charge in [0.15, 0.2) is 5.82 Å². The summed E-state index contributed by atoms with van der Waals surface area (Å²) in [6, 6.07) is 9.79. The number of aromatic nitrogens is 2. The zero-order chi connectivity index (χ0) is 13.6. The third kappa shape index (κ3) is 3.36. The molecule has 2 aromatic rings. The minimum atomic E-state index is 0.299. The summed E-state index contributed by atoms with van der Waals surface area (Å²) < 4.78 is 16.2. The van der Waals surface area contributed by atoms with E-state index in [1.807, 2.05) is 30.3 Å². The molecular weight excluding hydrogens is 256 g/mol. The Balaban J connectivity index is 1.42. The van der Waals surface area contributed by atoms with Crippen molar-refractivity contribution in [1.29, 1.82) is 0 Å². The van der Waals surface area contributed by atoms with E-state index in [4.69, 9.17) is 14.0 Å². The van der Waals surface area contributed by atoms with Crippen LogP contribution in [0.1, 0.15) is 30.5 Å². The maximum atomic E-state index is 5.62. The summed E-state index contributed by atoms with van der Waals surface area (Å²) in [7, 11) is 0. The van der Waals surface area contributed by atoms with Crippen molar-refractivity contribution in [3.05, 3.63) is 42.0 Å². The fraction of sp³-hybridized carbons (Fsp3) is 0.467. The van der Waals surface area contributed by atoms with Gasteiger partial charge < -0.3 is 14.0 Å². The smallest absolute Gasteiger partial charge is 0.226 e. The standard InChI is InChI=1S/C15H18N2O3/c1-2-5-13(6-3-1)19-9-4-7-14-16-15(17-20-14)12-8-10-18-11-12/h1-3,5-6,12H,4,7-11H2. The number of benzene rings is 1. The van der Waals surface area contributed by atoms with E-state index in [9.17, 15) is 0 Å². The zero-order valence-corrected chi connectivity index (χ0v) is 11.3. The number of ether oxygens (including phenoxy) is 2. The predicted octanol–water partition coefficient (Wildman–Crippen LogP) is 2.59. The molecule has 2 heterocycles. The Bertz CT molecular complexity index is 521. The lowest BCUT2D eigenvalue weighted by molar-refractivity contribution is 0.192. The van der Waals surface area contributed by atoms with Crippen LogP contribution in [0.25, 0.3) is 0 Å². The molecule has 106 valence electrons. The highest BCUT2D eigenvalue weighted by Gasteiger charge is 2.22. The van der Waals surface area contributed by atoms with Crippen LogP contribution in [0.5, 0.6) is 5.75 Å². The van der Waals surface area contributed by atoms with Crippen molar-refractivity contribution >= 4 is 0 Å². The van der Waals surface area contributed by atoms with Crippen molar-refractivity contribution in [1.82, 2.24) is 10.1 Å². The van der Waals surface area contributed by atoms with E-state index in [1.165, 1.54) is 0 Å². The van der Waals surface area contributed by atoms with Gasteiger partial charge in [-0.2, -0.15) is 4.98 Å². The molecule has 0 N–H and O–H groups in total. The topological polar surface area (TPSA) is 57.4 Å². The summed E-state index contributed by atoms with van der Waals surface area (Å²) >= 11 is 0. The summed E-state index contributed by atoms with van der Waals surface area (Å²) in [4.78, 5) is 4.42. The molecule has 1 aliphatic heterocycles. The maximum Gasteiger partial charge on any atom is 0.226 e. The normalized spacial score (nSPS) is 18.3. The summed E-state index contributed by atoms with van der Waals surface area (Å²) in [6.07, 6.45) is 2.58. The summed E-state index contributed by atoms with van der Waals surface area (Å²) in [5, 5.41) is 4.03. The minimum Gasteiger partial charge on any atom is -0.494 e. The fourth-order valence-electron chi connectivity index (χ4n) is 2.20. The molecular formula is C15H18N2O3. The van der Waals surface area contributed by atoms with E-state index in [1.54, 1.807) is 0 Å². The van der Waals surface area contributed by atoms with Crippen LogP contribution in [0.2, 0.25) is 0 Å². The van der Waals surface area contributed by atoms with Gasteiger partial charge in [0.05, 0.1) is 13.2 Å². The van der Waals surface area contributed by atoms with Crippen LogP contribution in [0.4, 0.5) is 0 Å². The molecule has 0 bridgehead atoms. The van der Waals surface area contributed by atoms with Crippen molar-refractivity contribution in [2.45, 2.75) is 25.2 Å². The summed E-state index contributed by atoms with van der Waals surface area (Å²) in [5.41, 5.74) is 0. The first-order valence-electron chi connectivity index (χ1n) is 7.00. The SMILES string of the molecule is c1ccc(OCCCc2nc(C3CCOC3)no2)cc1. The lowest BCUT2D eigenvalue weighted by Gasteiger charge is -2.03. The largest absolute Gasteiger partial charge is 0.494 e. The fourth-order valence-corrected chi connectivity index (χ4v) is 2.20. The highest BCUT2D eigenvalue weighted by Crippen LogP contribution is 2.22. The highest BCUT2D eigenvalue weighted by atomic mass is 16.5. The summed E-state index contributed by atoms with van der Waals surface area (Å²) in [5.74, 6) is 2.65. The van der Waals surface area contributed by atoms with Crippen LogP contribution >= 0.6 is 0 Å². The van der Waals surface area contributed by atoms with Gasteiger partial charge in [0, 0.05) is 18.9 Å². The van der Waals surface area contributed by atoms with Gasteiger partial charge in [0.2, 0.25) is 5.89 Å². The number of hydrogen-bond donors (Lipinski definition) is 0. The number of hydrogen-bond acceptors (Lipinski definition) is 5. The quantitative estimate of drug-likeness (QED) is 0.758. The van der Waals surface area contributed by atoms with Crippen LogP contribution < -0.4 is 4.74 Å². The predicted molar refractivity (Wildman–Crippen MR) is 72.7 cm³/mol. The molecule has 1 aromatic heterocycles. The molecule has 5 nitrogen and oxygen atoms in total. The number of para-hydroxylation sites is 1. The van der Waals surface area contributed by atoms with Gasteiger partial charge in [-0.1, -0.05) is 23.4 Å². The van der Waals surface area contributed by atoms with Crippen molar-refractivity contribution in [3.8, 4) is 5.75 Å². The van der Waals surface area contributed by atoms with Crippen molar-refractivity contribution in [2.24, 2.45) is 0 Å². The Kier molecular flexibility index (Phi) is 4.28. The van der Waals surface area contributed by atoms with Gasteiger partial charge >= 0.3 is 0 Å². The van der Waals surface area contributed by atoms with Gasteiger partial charge in [-0.05, 0) is 25.0 Å². The van der Waals surface area contributed by atoms with E-state index in [-0.39, 0.29) is 0 Å². The number of rotatable bonds is 6.